The quantitative estimate of drug-likeness (QED) is 0.171. The third kappa shape index (κ3) is 5.66. The molecule has 4 heteroatoms. The lowest BCUT2D eigenvalue weighted by Gasteiger charge is -2.12. The first-order valence-electron chi connectivity index (χ1n) is 19.2. The van der Waals surface area contributed by atoms with Gasteiger partial charge in [-0.05, 0) is 55.4 Å². The minimum atomic E-state index is 0.590. The van der Waals surface area contributed by atoms with E-state index in [9.17, 15) is 0 Å². The summed E-state index contributed by atoms with van der Waals surface area (Å²) in [5, 5.41) is 6.66. The van der Waals surface area contributed by atoms with Gasteiger partial charge in [0.15, 0.2) is 17.5 Å². The van der Waals surface area contributed by atoms with Gasteiger partial charge < -0.3 is 4.42 Å². The van der Waals surface area contributed by atoms with Gasteiger partial charge in [0.05, 0.1) is 0 Å². The predicted molar refractivity (Wildman–Crippen MR) is 235 cm³/mol. The van der Waals surface area contributed by atoms with Crippen molar-refractivity contribution in [2.24, 2.45) is 0 Å². The smallest absolute Gasteiger partial charge is 0.164 e. The fourth-order valence-electron chi connectivity index (χ4n) is 8.25. The maximum absolute atomic E-state index is 6.99. The Hall–Kier alpha value is -7.69. The van der Waals surface area contributed by atoms with Crippen LogP contribution in [0.4, 0.5) is 0 Å². The van der Waals surface area contributed by atoms with Crippen LogP contribution in [0, 0.1) is 0 Å². The third-order valence-electron chi connectivity index (χ3n) is 11.0. The van der Waals surface area contributed by atoms with Crippen LogP contribution in [0.5, 0.6) is 0 Å². The van der Waals surface area contributed by atoms with E-state index < -0.39 is 0 Å². The molecule has 0 bridgehead atoms. The minimum Gasteiger partial charge on any atom is -0.455 e. The van der Waals surface area contributed by atoms with Gasteiger partial charge in [-0.25, -0.2) is 15.0 Å². The van der Waals surface area contributed by atoms with Crippen molar-refractivity contribution in [3.63, 3.8) is 0 Å². The molecular weight excluding hydrogens is 695 g/mol. The standard InChI is InChI=1S/C53H33N3O/c1-4-15-34(16-5-1)35-27-29-38(30-28-35)52-54-51(37-19-8-3-9-20-37)55-53(56-52)47-33-48-49(44-24-13-12-23-42(44)47)46-26-14-25-45(50(46)57-48)43-32-31-39(36-17-6-2-7-18-36)40-21-10-11-22-41(40)43/h1-33H. The van der Waals surface area contributed by atoms with Crippen LogP contribution in [0.25, 0.3) is 111 Å². The third-order valence-corrected chi connectivity index (χ3v) is 11.0. The fraction of sp³-hybridized carbons (Fsp3) is 0. The number of nitrogens with zero attached hydrogens (tertiary/aromatic N) is 3. The Balaban J connectivity index is 1.11. The summed E-state index contributed by atoms with van der Waals surface area (Å²) in [4.78, 5) is 15.4. The molecule has 0 aliphatic heterocycles. The van der Waals surface area contributed by atoms with Crippen molar-refractivity contribution in [1.82, 2.24) is 15.0 Å². The minimum absolute atomic E-state index is 0.590. The second kappa shape index (κ2) is 13.6. The highest BCUT2D eigenvalue weighted by Gasteiger charge is 2.21. The Bertz CT molecular complexity index is 3260. The number of para-hydroxylation sites is 1. The molecule has 0 saturated carbocycles. The van der Waals surface area contributed by atoms with Crippen molar-refractivity contribution in [2.75, 3.05) is 0 Å². The summed E-state index contributed by atoms with van der Waals surface area (Å²) in [6.45, 7) is 0. The first kappa shape index (κ1) is 32.7. The van der Waals surface area contributed by atoms with Crippen LogP contribution in [0.2, 0.25) is 0 Å². The maximum atomic E-state index is 6.99. The van der Waals surface area contributed by atoms with E-state index in [0.717, 1.165) is 71.7 Å². The fourth-order valence-corrected chi connectivity index (χ4v) is 8.25. The molecule has 0 saturated heterocycles. The van der Waals surface area contributed by atoms with Crippen molar-refractivity contribution in [3.05, 3.63) is 200 Å². The Morgan fingerprint density at radius 2 is 0.737 bits per heavy atom. The molecule has 11 rings (SSSR count). The molecule has 266 valence electrons. The molecule has 0 atom stereocenters. The molecule has 9 aromatic carbocycles. The monoisotopic (exact) mass is 727 g/mol. The number of benzene rings is 9. The predicted octanol–water partition coefficient (Wildman–Crippen LogP) is 14.1. The zero-order chi connectivity index (χ0) is 37.7. The van der Waals surface area contributed by atoms with Gasteiger partial charge in [-0.3, -0.25) is 0 Å². The van der Waals surface area contributed by atoms with Crippen LogP contribution in [0.1, 0.15) is 0 Å². The van der Waals surface area contributed by atoms with E-state index in [0.29, 0.717) is 17.5 Å². The Morgan fingerprint density at radius 3 is 1.40 bits per heavy atom. The van der Waals surface area contributed by atoms with E-state index in [4.69, 9.17) is 19.4 Å². The molecule has 11 aromatic rings. The molecule has 4 nitrogen and oxygen atoms in total. The Labute approximate surface area is 329 Å². The highest BCUT2D eigenvalue weighted by atomic mass is 16.3. The topological polar surface area (TPSA) is 51.8 Å². The van der Waals surface area contributed by atoms with E-state index in [1.165, 1.54) is 21.9 Å². The van der Waals surface area contributed by atoms with E-state index in [-0.39, 0.29) is 0 Å². The van der Waals surface area contributed by atoms with E-state index in [2.05, 4.69) is 164 Å². The summed E-state index contributed by atoms with van der Waals surface area (Å²) in [6, 6.07) is 69.8. The number of hydrogen-bond acceptors (Lipinski definition) is 4. The summed E-state index contributed by atoms with van der Waals surface area (Å²) in [7, 11) is 0. The lowest BCUT2D eigenvalue weighted by atomic mass is 9.91. The summed E-state index contributed by atoms with van der Waals surface area (Å²) >= 11 is 0. The molecule has 0 spiro atoms. The van der Waals surface area contributed by atoms with Crippen molar-refractivity contribution < 1.29 is 4.42 Å². The zero-order valence-electron chi connectivity index (χ0n) is 30.8. The largest absolute Gasteiger partial charge is 0.455 e. The number of rotatable bonds is 6. The highest BCUT2D eigenvalue weighted by Crippen LogP contribution is 2.44. The SMILES string of the molecule is c1ccc(-c2ccc(-c3nc(-c4ccccc4)nc(-c4cc5oc6c(-c7ccc(-c8ccccc8)c8ccccc78)cccc6c5c5ccccc45)n3)cc2)cc1. The molecular formula is C53H33N3O. The van der Waals surface area contributed by atoms with Gasteiger partial charge >= 0.3 is 0 Å². The van der Waals surface area contributed by atoms with Gasteiger partial charge in [0.1, 0.15) is 11.2 Å². The first-order chi connectivity index (χ1) is 28.3. The Kier molecular flexibility index (Phi) is 7.78. The van der Waals surface area contributed by atoms with Gasteiger partial charge in [0.25, 0.3) is 0 Å². The average molecular weight is 728 g/mol. The van der Waals surface area contributed by atoms with Crippen LogP contribution >= 0.6 is 0 Å². The van der Waals surface area contributed by atoms with Gasteiger partial charge in [-0.15, -0.1) is 0 Å². The van der Waals surface area contributed by atoms with Crippen molar-refractivity contribution >= 4 is 43.5 Å². The summed E-state index contributed by atoms with van der Waals surface area (Å²) in [5.41, 5.74) is 11.3. The zero-order valence-corrected chi connectivity index (χ0v) is 30.8. The Morgan fingerprint density at radius 1 is 0.281 bits per heavy atom. The van der Waals surface area contributed by atoms with Crippen molar-refractivity contribution in [2.45, 2.75) is 0 Å². The summed E-state index contributed by atoms with van der Waals surface area (Å²) < 4.78 is 6.99. The molecule has 0 aliphatic carbocycles. The summed E-state index contributed by atoms with van der Waals surface area (Å²) in [6.07, 6.45) is 0. The summed E-state index contributed by atoms with van der Waals surface area (Å²) in [5.74, 6) is 1.82. The molecule has 0 amide bonds. The second-order valence-electron chi connectivity index (χ2n) is 14.3. The number of furan rings is 1. The molecule has 0 unspecified atom stereocenters. The molecule has 0 radical (unpaired) electrons. The van der Waals surface area contributed by atoms with Crippen molar-refractivity contribution in [1.29, 1.82) is 0 Å². The van der Waals surface area contributed by atoms with Crippen molar-refractivity contribution in [3.8, 4) is 67.5 Å². The van der Waals surface area contributed by atoms with Crippen LogP contribution in [-0.4, -0.2) is 15.0 Å². The first-order valence-corrected chi connectivity index (χ1v) is 19.2. The second-order valence-corrected chi connectivity index (χ2v) is 14.3. The van der Waals surface area contributed by atoms with E-state index >= 15 is 0 Å². The number of hydrogen-bond donors (Lipinski definition) is 0. The normalized spacial score (nSPS) is 11.5. The molecule has 57 heavy (non-hydrogen) atoms. The molecule has 2 heterocycles. The van der Waals surface area contributed by atoms with Gasteiger partial charge in [-0.2, -0.15) is 0 Å². The molecule has 0 N–H and O–H groups in total. The van der Waals surface area contributed by atoms with Crippen LogP contribution < -0.4 is 0 Å². The van der Waals surface area contributed by atoms with Crippen LogP contribution in [0.15, 0.2) is 205 Å². The van der Waals surface area contributed by atoms with Gasteiger partial charge in [-0.1, -0.05) is 194 Å². The molecule has 0 aliphatic rings. The molecule has 0 fully saturated rings. The van der Waals surface area contributed by atoms with E-state index in [1.807, 2.05) is 36.4 Å². The van der Waals surface area contributed by atoms with E-state index in [1.54, 1.807) is 0 Å². The lowest BCUT2D eigenvalue weighted by Crippen LogP contribution is -2.00. The van der Waals surface area contributed by atoms with Gasteiger partial charge in [0.2, 0.25) is 0 Å². The van der Waals surface area contributed by atoms with Crippen LogP contribution in [0.3, 0.4) is 0 Å². The number of fused-ring (bicyclic) bond motifs is 6. The lowest BCUT2D eigenvalue weighted by molar-refractivity contribution is 0.670. The molecule has 2 aromatic heterocycles. The maximum Gasteiger partial charge on any atom is 0.164 e. The average Bonchev–Trinajstić information content (AvgIpc) is 3.68. The van der Waals surface area contributed by atoms with Gasteiger partial charge in [0, 0.05) is 33.0 Å². The number of aromatic nitrogens is 3. The van der Waals surface area contributed by atoms with Crippen LogP contribution in [-0.2, 0) is 0 Å². The highest BCUT2D eigenvalue weighted by molar-refractivity contribution is 6.24.